The van der Waals surface area contributed by atoms with Crippen LogP contribution in [0.1, 0.15) is 58.1 Å². The number of nitrogens with zero attached hydrogens (tertiary/aromatic N) is 1. The molecule has 6 heteroatoms. The van der Waals surface area contributed by atoms with E-state index in [2.05, 4.69) is 19.2 Å². The highest BCUT2D eigenvalue weighted by Gasteiger charge is 2.42. The third-order valence-corrected chi connectivity index (χ3v) is 6.58. The fourth-order valence-electron chi connectivity index (χ4n) is 4.57. The molecule has 1 aliphatic heterocycles. The second-order valence-electron chi connectivity index (χ2n) is 8.59. The van der Waals surface area contributed by atoms with Crippen molar-refractivity contribution < 1.29 is 19.1 Å². The van der Waals surface area contributed by atoms with Gasteiger partial charge in [-0.1, -0.05) is 57.0 Å². The van der Waals surface area contributed by atoms with Crippen molar-refractivity contribution in [2.24, 2.45) is 17.8 Å². The van der Waals surface area contributed by atoms with Crippen molar-refractivity contribution in [3.63, 3.8) is 0 Å². The molecule has 6 nitrogen and oxygen atoms in total. The maximum atomic E-state index is 12.5. The van der Waals surface area contributed by atoms with Gasteiger partial charge in [0.25, 0.3) is 5.91 Å². The normalized spacial score (nSPS) is 28.1. The van der Waals surface area contributed by atoms with E-state index in [9.17, 15) is 14.4 Å². The summed E-state index contributed by atoms with van der Waals surface area (Å²) in [6.07, 6.45) is 3.49. The van der Waals surface area contributed by atoms with Gasteiger partial charge in [0.05, 0.1) is 12.0 Å². The van der Waals surface area contributed by atoms with E-state index in [1.807, 2.05) is 42.2 Å². The molecule has 0 spiro atoms. The fourth-order valence-corrected chi connectivity index (χ4v) is 4.57. The third kappa shape index (κ3) is 5.17. The molecule has 1 saturated carbocycles. The first-order valence-electron chi connectivity index (χ1n) is 10.7. The summed E-state index contributed by atoms with van der Waals surface area (Å²) in [4.78, 5) is 39.0. The van der Waals surface area contributed by atoms with E-state index in [4.69, 9.17) is 4.74 Å². The summed E-state index contributed by atoms with van der Waals surface area (Å²) in [5.41, 5.74) is 0.986. The quantitative estimate of drug-likeness (QED) is 0.745. The number of esters is 1. The van der Waals surface area contributed by atoms with E-state index in [0.717, 1.165) is 18.4 Å². The van der Waals surface area contributed by atoms with E-state index in [0.29, 0.717) is 18.4 Å². The molecule has 158 valence electrons. The molecular weight excluding hydrogens is 368 g/mol. The molecular formula is C23H32N2O4. The van der Waals surface area contributed by atoms with Gasteiger partial charge in [0.15, 0.2) is 6.61 Å². The van der Waals surface area contributed by atoms with Gasteiger partial charge in [0.1, 0.15) is 0 Å². The van der Waals surface area contributed by atoms with Crippen LogP contribution in [0.15, 0.2) is 30.3 Å². The molecule has 1 saturated heterocycles. The van der Waals surface area contributed by atoms with Gasteiger partial charge in [0.2, 0.25) is 5.91 Å². The number of carbonyl (C=O) groups is 3. The van der Waals surface area contributed by atoms with Crippen LogP contribution in [0.4, 0.5) is 0 Å². The number of likely N-dealkylation sites (tertiary alicyclic amines) is 1. The van der Waals surface area contributed by atoms with Gasteiger partial charge in [-0.3, -0.25) is 14.4 Å². The molecule has 1 heterocycles. The number of hydrogen-bond acceptors (Lipinski definition) is 4. The average Bonchev–Trinajstić information content (AvgIpc) is 3.10. The Morgan fingerprint density at radius 1 is 1.21 bits per heavy atom. The molecule has 2 fully saturated rings. The zero-order valence-electron chi connectivity index (χ0n) is 17.6. The second kappa shape index (κ2) is 9.42. The molecule has 1 aromatic carbocycles. The summed E-state index contributed by atoms with van der Waals surface area (Å²) in [7, 11) is 0. The summed E-state index contributed by atoms with van der Waals surface area (Å²) in [5, 5.41) is 2.83. The van der Waals surface area contributed by atoms with Crippen molar-refractivity contribution in [2.45, 2.75) is 58.5 Å². The minimum Gasteiger partial charge on any atom is -0.455 e. The van der Waals surface area contributed by atoms with Crippen LogP contribution in [-0.4, -0.2) is 41.9 Å². The molecule has 1 N–H and O–H groups in total. The maximum Gasteiger partial charge on any atom is 0.311 e. The molecule has 1 aliphatic carbocycles. The molecule has 5 atom stereocenters. The molecule has 0 bridgehead atoms. The highest BCUT2D eigenvalue weighted by molar-refractivity contribution is 5.88. The predicted octanol–water partition coefficient (Wildman–Crippen LogP) is 3.08. The van der Waals surface area contributed by atoms with E-state index in [1.54, 1.807) is 0 Å². The van der Waals surface area contributed by atoms with Gasteiger partial charge in [-0.25, -0.2) is 0 Å². The highest BCUT2D eigenvalue weighted by Crippen LogP contribution is 2.35. The number of rotatable bonds is 6. The number of hydrogen-bond donors (Lipinski definition) is 1. The minimum atomic E-state index is -0.480. The first kappa shape index (κ1) is 21.3. The summed E-state index contributed by atoms with van der Waals surface area (Å²) in [6.45, 7) is 6.40. The molecule has 3 rings (SSSR count). The monoisotopic (exact) mass is 400 g/mol. The first-order chi connectivity index (χ1) is 13.9. The Labute approximate surface area is 173 Å². The van der Waals surface area contributed by atoms with Gasteiger partial charge in [-0.05, 0) is 30.7 Å². The summed E-state index contributed by atoms with van der Waals surface area (Å²) in [6, 6.07) is 9.65. The second-order valence-corrected chi connectivity index (χ2v) is 8.59. The molecule has 1 aromatic rings. The smallest absolute Gasteiger partial charge is 0.311 e. The van der Waals surface area contributed by atoms with Crippen LogP contribution in [0.5, 0.6) is 0 Å². The van der Waals surface area contributed by atoms with Crippen LogP contribution in [-0.2, 0) is 19.1 Å². The SMILES string of the molecule is C[C@H]1[C@H](N2C[C@H](C(=O)OCC(=O)N[C@@H](C)c3ccccc3)CC2=O)CCC[C@@H]1C. The van der Waals surface area contributed by atoms with Crippen LogP contribution in [0, 0.1) is 17.8 Å². The van der Waals surface area contributed by atoms with Crippen LogP contribution in [0.2, 0.25) is 0 Å². The standard InChI is InChI=1S/C23H32N2O4/c1-15-8-7-11-20(16(15)2)25-13-19(12-22(25)27)23(28)29-14-21(26)24-17(3)18-9-5-4-6-10-18/h4-6,9-10,15-17,19-20H,7-8,11-14H2,1-3H3,(H,24,26)/t15-,16+,17-,19+,20+/m0/s1. The Bertz CT molecular complexity index is 736. The Morgan fingerprint density at radius 2 is 1.93 bits per heavy atom. The largest absolute Gasteiger partial charge is 0.455 e. The average molecular weight is 401 g/mol. The Balaban J connectivity index is 1.47. The molecule has 0 aromatic heterocycles. The van der Waals surface area contributed by atoms with Crippen LogP contribution in [0.3, 0.4) is 0 Å². The van der Waals surface area contributed by atoms with Crippen molar-refractivity contribution in [2.75, 3.05) is 13.2 Å². The molecule has 0 unspecified atom stereocenters. The van der Waals surface area contributed by atoms with Gasteiger partial charge in [-0.15, -0.1) is 0 Å². The zero-order valence-corrected chi connectivity index (χ0v) is 17.6. The van der Waals surface area contributed by atoms with Crippen LogP contribution < -0.4 is 5.32 Å². The van der Waals surface area contributed by atoms with Crippen molar-refractivity contribution >= 4 is 17.8 Å². The molecule has 2 amide bonds. The van der Waals surface area contributed by atoms with Gasteiger partial charge >= 0.3 is 5.97 Å². The Morgan fingerprint density at radius 3 is 2.66 bits per heavy atom. The number of carbonyl (C=O) groups excluding carboxylic acids is 3. The molecule has 2 aliphatic rings. The molecule has 29 heavy (non-hydrogen) atoms. The first-order valence-corrected chi connectivity index (χ1v) is 10.7. The Hall–Kier alpha value is -2.37. The van der Waals surface area contributed by atoms with Gasteiger partial charge in [-0.2, -0.15) is 0 Å². The number of ether oxygens (including phenoxy) is 1. The number of benzene rings is 1. The lowest BCUT2D eigenvalue weighted by atomic mass is 9.77. The number of amides is 2. The van der Waals surface area contributed by atoms with E-state index in [-0.39, 0.29) is 36.9 Å². The van der Waals surface area contributed by atoms with Crippen molar-refractivity contribution in [1.29, 1.82) is 0 Å². The van der Waals surface area contributed by atoms with Gasteiger partial charge in [0, 0.05) is 19.0 Å². The van der Waals surface area contributed by atoms with Crippen molar-refractivity contribution in [3.05, 3.63) is 35.9 Å². The fraction of sp³-hybridized carbons (Fsp3) is 0.609. The van der Waals surface area contributed by atoms with Crippen LogP contribution in [0.25, 0.3) is 0 Å². The highest BCUT2D eigenvalue weighted by atomic mass is 16.5. The van der Waals surface area contributed by atoms with Crippen molar-refractivity contribution in [1.82, 2.24) is 10.2 Å². The topological polar surface area (TPSA) is 75.7 Å². The lowest BCUT2D eigenvalue weighted by molar-refractivity contribution is -0.152. The summed E-state index contributed by atoms with van der Waals surface area (Å²) < 4.78 is 5.23. The predicted molar refractivity (Wildman–Crippen MR) is 110 cm³/mol. The summed E-state index contributed by atoms with van der Waals surface area (Å²) >= 11 is 0. The van der Waals surface area contributed by atoms with Crippen molar-refractivity contribution in [3.8, 4) is 0 Å². The lowest BCUT2D eigenvalue weighted by Gasteiger charge is -2.39. The lowest BCUT2D eigenvalue weighted by Crippen LogP contribution is -2.45. The van der Waals surface area contributed by atoms with Crippen LogP contribution >= 0.6 is 0 Å². The number of nitrogens with one attached hydrogen (secondary N) is 1. The minimum absolute atomic E-state index is 0.0278. The van der Waals surface area contributed by atoms with E-state index in [1.165, 1.54) is 6.42 Å². The van der Waals surface area contributed by atoms with E-state index < -0.39 is 11.9 Å². The van der Waals surface area contributed by atoms with E-state index >= 15 is 0 Å². The van der Waals surface area contributed by atoms with Gasteiger partial charge < -0.3 is 15.0 Å². The molecule has 0 radical (unpaired) electrons. The summed E-state index contributed by atoms with van der Waals surface area (Å²) in [5.74, 6) is -0.229. The third-order valence-electron chi connectivity index (χ3n) is 6.58. The maximum absolute atomic E-state index is 12.5. The Kier molecular flexibility index (Phi) is 6.93. The zero-order chi connectivity index (χ0) is 21.0.